The van der Waals surface area contributed by atoms with Crippen molar-refractivity contribution in [2.24, 2.45) is 0 Å². The van der Waals surface area contributed by atoms with Crippen molar-refractivity contribution in [1.82, 2.24) is 0 Å². The molecular formula is C3H5FN2O4. The van der Waals surface area contributed by atoms with Crippen molar-refractivity contribution in [3.8, 4) is 0 Å². The van der Waals surface area contributed by atoms with E-state index >= 15 is 0 Å². The van der Waals surface area contributed by atoms with Gasteiger partial charge in [0.05, 0.1) is 9.85 Å². The van der Waals surface area contributed by atoms with Crippen LogP contribution >= 0.6 is 0 Å². The topological polar surface area (TPSA) is 86.3 Å². The predicted octanol–water partition coefficient (Wildman–Crippen LogP) is 0.225. The Morgan fingerprint density at radius 1 is 1.30 bits per heavy atom. The van der Waals surface area contributed by atoms with Crippen LogP contribution in [0.5, 0.6) is 0 Å². The zero-order valence-corrected chi connectivity index (χ0v) is 4.90. The predicted molar refractivity (Wildman–Crippen MR) is 28.4 cm³/mol. The van der Waals surface area contributed by atoms with Crippen LogP contribution < -0.4 is 0 Å². The minimum absolute atomic E-state index is 0.667. The number of halogens is 1. The summed E-state index contributed by atoms with van der Waals surface area (Å²) in [4.78, 5) is 17.2. The Morgan fingerprint density at radius 3 is 1.80 bits per heavy atom. The molecule has 0 aliphatic carbocycles. The summed E-state index contributed by atoms with van der Waals surface area (Å²) in [6.07, 6.45) is -2.66. The number of alkyl halides is 1. The highest BCUT2D eigenvalue weighted by molar-refractivity contribution is 4.39. The summed E-state index contributed by atoms with van der Waals surface area (Å²) in [6, 6.07) is 0. The molecule has 6 nitrogen and oxygen atoms in total. The van der Waals surface area contributed by atoms with Gasteiger partial charge in [-0.2, -0.15) is 0 Å². The van der Waals surface area contributed by atoms with E-state index in [9.17, 15) is 24.6 Å². The van der Waals surface area contributed by atoms with Gasteiger partial charge < -0.3 is 0 Å². The molecule has 0 aliphatic heterocycles. The summed E-state index contributed by atoms with van der Waals surface area (Å²) in [5, 5.41) is 19.5. The van der Waals surface area contributed by atoms with Gasteiger partial charge in [0.2, 0.25) is 0 Å². The first-order valence-corrected chi connectivity index (χ1v) is 2.42. The van der Waals surface area contributed by atoms with Crippen LogP contribution in [-0.4, -0.2) is 22.7 Å². The number of nitrogens with zero attached hydrogens (tertiary/aromatic N) is 2. The zero-order valence-electron chi connectivity index (χ0n) is 4.90. The van der Waals surface area contributed by atoms with Gasteiger partial charge in [0.15, 0.2) is 0 Å². The van der Waals surface area contributed by atoms with Gasteiger partial charge in [-0.3, -0.25) is 24.6 Å². The maximum atomic E-state index is 11.4. The van der Waals surface area contributed by atoms with Gasteiger partial charge in [0.1, 0.15) is 13.1 Å². The molecule has 0 heterocycles. The molecule has 0 atom stereocenters. The molecule has 0 bridgehead atoms. The van der Waals surface area contributed by atoms with Gasteiger partial charge in [0.25, 0.3) is 0 Å². The third-order valence-electron chi connectivity index (χ3n) is 0.854. The number of hydrogen-bond acceptors (Lipinski definition) is 4. The van der Waals surface area contributed by atoms with E-state index < -0.39 is 29.1 Å². The Bertz CT molecular complexity index is 135. The second kappa shape index (κ2) is 3.70. The first kappa shape index (κ1) is 8.73. The lowest BCUT2D eigenvalue weighted by atomic mass is 10.4. The maximum absolute atomic E-state index is 11.4. The van der Waals surface area contributed by atoms with E-state index in [4.69, 9.17) is 0 Å². The second-order valence-corrected chi connectivity index (χ2v) is 1.53. The molecule has 10 heavy (non-hydrogen) atoms. The number of nitro groups is 2. The molecule has 0 amide bonds. The molecule has 0 saturated heterocycles. The molecule has 0 saturated carbocycles. The fraction of sp³-hybridized carbons (Fsp3) is 1.00. The van der Waals surface area contributed by atoms with Gasteiger partial charge >= 0.3 is 6.17 Å². The van der Waals surface area contributed by atoms with Crippen molar-refractivity contribution < 1.29 is 14.2 Å². The number of rotatable bonds is 4. The lowest BCUT2D eigenvalue weighted by Gasteiger charge is -1.96. The molecule has 0 aromatic carbocycles. The van der Waals surface area contributed by atoms with Crippen LogP contribution in [0, 0.1) is 20.2 Å². The van der Waals surface area contributed by atoms with Gasteiger partial charge in [-0.25, -0.2) is 0 Å². The normalized spacial score (nSPS) is 9.80. The molecule has 0 radical (unpaired) electrons. The van der Waals surface area contributed by atoms with Crippen LogP contribution in [0.25, 0.3) is 0 Å². The Balaban J connectivity index is 3.98. The highest BCUT2D eigenvalue weighted by Gasteiger charge is 2.30. The largest absolute Gasteiger partial charge is 0.453 e. The summed E-state index contributed by atoms with van der Waals surface area (Å²) in [6.45, 7) is -1.05. The summed E-state index contributed by atoms with van der Waals surface area (Å²) in [5.41, 5.74) is 0. The van der Waals surface area contributed by atoms with Gasteiger partial charge in [-0.15, -0.1) is 0 Å². The van der Waals surface area contributed by atoms with E-state index in [1.165, 1.54) is 0 Å². The van der Waals surface area contributed by atoms with Crippen LogP contribution in [0.15, 0.2) is 0 Å². The molecular weight excluding hydrogens is 147 g/mol. The first-order chi connectivity index (χ1) is 4.59. The van der Waals surface area contributed by atoms with Crippen molar-refractivity contribution in [2.75, 3.05) is 6.67 Å². The van der Waals surface area contributed by atoms with Crippen molar-refractivity contribution >= 4 is 0 Å². The third-order valence-corrected chi connectivity index (χ3v) is 0.854. The zero-order chi connectivity index (χ0) is 8.15. The first-order valence-electron chi connectivity index (χ1n) is 2.42. The molecule has 0 N–H and O–H groups in total. The van der Waals surface area contributed by atoms with Crippen molar-refractivity contribution in [1.29, 1.82) is 0 Å². The molecule has 0 spiro atoms. The SMILES string of the molecule is O=[N+]([O-])C(CCF)[N+](=O)[O-]. The fourth-order valence-electron chi connectivity index (χ4n) is 0.385. The van der Waals surface area contributed by atoms with Crippen LogP contribution in [-0.2, 0) is 0 Å². The van der Waals surface area contributed by atoms with E-state index in [1.54, 1.807) is 0 Å². The smallest absolute Gasteiger partial charge is 0.259 e. The minimum atomic E-state index is -2.00. The van der Waals surface area contributed by atoms with E-state index in [2.05, 4.69) is 0 Å². The molecule has 0 fully saturated rings. The molecule has 58 valence electrons. The van der Waals surface area contributed by atoms with Gasteiger partial charge in [-0.1, -0.05) is 0 Å². The van der Waals surface area contributed by atoms with Crippen LogP contribution in [0.4, 0.5) is 4.39 Å². The van der Waals surface area contributed by atoms with E-state index in [1.807, 2.05) is 0 Å². The van der Waals surface area contributed by atoms with Crippen molar-refractivity contribution in [3.63, 3.8) is 0 Å². The molecule has 0 aromatic rings. The molecule has 0 unspecified atom stereocenters. The summed E-state index contributed by atoms with van der Waals surface area (Å²) >= 11 is 0. The highest BCUT2D eigenvalue weighted by atomic mass is 19.1. The summed E-state index contributed by atoms with van der Waals surface area (Å²) < 4.78 is 11.4. The van der Waals surface area contributed by atoms with Crippen LogP contribution in [0.1, 0.15) is 6.42 Å². The standard InChI is InChI=1S/C3H5FN2O4/c4-2-1-3(5(7)8)6(9)10/h3H,1-2H2. The summed E-state index contributed by atoms with van der Waals surface area (Å²) in [7, 11) is 0. The van der Waals surface area contributed by atoms with Crippen molar-refractivity contribution in [2.45, 2.75) is 12.6 Å². The average Bonchev–Trinajstić information content (AvgIpc) is 1.81. The third kappa shape index (κ3) is 2.33. The Labute approximate surface area is 54.9 Å². The molecule has 0 rings (SSSR count). The number of hydrogen-bond donors (Lipinski definition) is 0. The molecule has 0 aromatic heterocycles. The quantitative estimate of drug-likeness (QED) is 0.327. The van der Waals surface area contributed by atoms with Crippen LogP contribution in [0.2, 0.25) is 0 Å². The molecule has 0 aliphatic rings. The average molecular weight is 152 g/mol. The van der Waals surface area contributed by atoms with Gasteiger partial charge in [0, 0.05) is 0 Å². The van der Waals surface area contributed by atoms with Crippen LogP contribution in [0.3, 0.4) is 0 Å². The van der Waals surface area contributed by atoms with E-state index in [0.717, 1.165) is 0 Å². The van der Waals surface area contributed by atoms with E-state index in [0.29, 0.717) is 0 Å². The maximum Gasteiger partial charge on any atom is 0.453 e. The van der Waals surface area contributed by atoms with Crippen molar-refractivity contribution in [3.05, 3.63) is 20.2 Å². The lowest BCUT2D eigenvalue weighted by molar-refractivity contribution is -0.742. The van der Waals surface area contributed by atoms with Gasteiger partial charge in [-0.05, 0) is 0 Å². The summed E-state index contributed by atoms with van der Waals surface area (Å²) in [5.74, 6) is 0. The molecule has 7 heteroatoms. The Kier molecular flexibility index (Phi) is 3.23. The Morgan fingerprint density at radius 2 is 1.70 bits per heavy atom. The second-order valence-electron chi connectivity index (χ2n) is 1.53. The fourth-order valence-corrected chi connectivity index (χ4v) is 0.385. The highest BCUT2D eigenvalue weighted by Crippen LogP contribution is 1.97. The minimum Gasteiger partial charge on any atom is -0.259 e. The monoisotopic (exact) mass is 152 g/mol. The van der Waals surface area contributed by atoms with E-state index in [-0.39, 0.29) is 0 Å². The Hall–Kier alpha value is -1.27. The lowest BCUT2D eigenvalue weighted by Crippen LogP contribution is -2.28.